The van der Waals surface area contributed by atoms with E-state index >= 15 is 0 Å². The lowest BCUT2D eigenvalue weighted by molar-refractivity contribution is -0.142. The molecule has 1 aliphatic rings. The van der Waals surface area contributed by atoms with Gasteiger partial charge in [-0.2, -0.15) is 0 Å². The zero-order chi connectivity index (χ0) is 9.90. The van der Waals surface area contributed by atoms with Gasteiger partial charge in [0, 0.05) is 12.8 Å². The SMILES string of the molecule is CC=CCC1(C)C(=O)CCCC1=O. The summed E-state index contributed by atoms with van der Waals surface area (Å²) >= 11 is 0. The van der Waals surface area contributed by atoms with Gasteiger partial charge >= 0.3 is 0 Å². The fourth-order valence-corrected chi connectivity index (χ4v) is 1.70. The number of hydrogen-bond acceptors (Lipinski definition) is 2. The third-order valence-corrected chi connectivity index (χ3v) is 2.80. The lowest BCUT2D eigenvalue weighted by Gasteiger charge is -2.29. The van der Waals surface area contributed by atoms with Crippen molar-refractivity contribution in [2.24, 2.45) is 5.41 Å². The molecule has 0 unspecified atom stereocenters. The Labute approximate surface area is 79.0 Å². The van der Waals surface area contributed by atoms with E-state index < -0.39 is 5.41 Å². The molecule has 1 fully saturated rings. The quantitative estimate of drug-likeness (QED) is 0.482. The molecule has 0 aromatic heterocycles. The predicted octanol–water partition coefficient (Wildman–Crippen LogP) is 2.28. The fraction of sp³-hybridized carbons (Fsp3) is 0.636. The molecule has 0 amide bonds. The van der Waals surface area contributed by atoms with Gasteiger partial charge in [-0.3, -0.25) is 9.59 Å². The average Bonchev–Trinajstić information content (AvgIpc) is 2.11. The number of allylic oxidation sites excluding steroid dienone is 2. The molecule has 0 radical (unpaired) electrons. The van der Waals surface area contributed by atoms with Gasteiger partial charge in [0.2, 0.25) is 0 Å². The fourth-order valence-electron chi connectivity index (χ4n) is 1.70. The smallest absolute Gasteiger partial charge is 0.146 e. The van der Waals surface area contributed by atoms with E-state index in [1.54, 1.807) is 6.92 Å². The maximum Gasteiger partial charge on any atom is 0.146 e. The number of hydrogen-bond donors (Lipinski definition) is 0. The third kappa shape index (κ3) is 1.87. The average molecular weight is 180 g/mol. The minimum absolute atomic E-state index is 0.113. The molecule has 0 heterocycles. The van der Waals surface area contributed by atoms with Gasteiger partial charge in [-0.05, 0) is 26.7 Å². The Hall–Kier alpha value is -0.920. The van der Waals surface area contributed by atoms with E-state index in [4.69, 9.17) is 0 Å². The van der Waals surface area contributed by atoms with E-state index in [0.717, 1.165) is 6.42 Å². The highest BCUT2D eigenvalue weighted by atomic mass is 16.2. The van der Waals surface area contributed by atoms with Crippen LogP contribution in [0.5, 0.6) is 0 Å². The van der Waals surface area contributed by atoms with Crippen molar-refractivity contribution in [2.75, 3.05) is 0 Å². The second-order valence-electron chi connectivity index (χ2n) is 3.81. The first-order valence-corrected chi connectivity index (χ1v) is 4.79. The van der Waals surface area contributed by atoms with Gasteiger partial charge in [-0.1, -0.05) is 12.2 Å². The molecule has 0 saturated heterocycles. The molecule has 2 heteroatoms. The number of ketones is 2. The van der Waals surface area contributed by atoms with Gasteiger partial charge in [0.15, 0.2) is 0 Å². The van der Waals surface area contributed by atoms with E-state index in [0.29, 0.717) is 19.3 Å². The summed E-state index contributed by atoms with van der Waals surface area (Å²) in [6, 6.07) is 0. The van der Waals surface area contributed by atoms with Crippen molar-refractivity contribution in [1.82, 2.24) is 0 Å². The molecule has 1 rings (SSSR count). The highest BCUT2D eigenvalue weighted by Gasteiger charge is 2.41. The maximum absolute atomic E-state index is 11.6. The van der Waals surface area contributed by atoms with Crippen LogP contribution in [0.15, 0.2) is 12.2 Å². The van der Waals surface area contributed by atoms with E-state index in [-0.39, 0.29) is 11.6 Å². The normalized spacial score (nSPS) is 22.6. The van der Waals surface area contributed by atoms with Crippen LogP contribution in [0.4, 0.5) is 0 Å². The van der Waals surface area contributed by atoms with Crippen LogP contribution < -0.4 is 0 Å². The van der Waals surface area contributed by atoms with Gasteiger partial charge < -0.3 is 0 Å². The van der Waals surface area contributed by atoms with E-state index in [2.05, 4.69) is 0 Å². The van der Waals surface area contributed by atoms with E-state index in [9.17, 15) is 9.59 Å². The number of rotatable bonds is 2. The Morgan fingerprint density at radius 2 is 1.85 bits per heavy atom. The summed E-state index contributed by atoms with van der Waals surface area (Å²) in [6.07, 6.45) is 6.24. The lowest BCUT2D eigenvalue weighted by atomic mass is 9.71. The number of Topliss-reactive ketones (excluding diaryl/α,β-unsaturated/α-hetero) is 2. The molecule has 13 heavy (non-hydrogen) atoms. The lowest BCUT2D eigenvalue weighted by Crippen LogP contribution is -2.39. The Morgan fingerprint density at radius 3 is 2.31 bits per heavy atom. The molecule has 2 nitrogen and oxygen atoms in total. The van der Waals surface area contributed by atoms with Crippen LogP contribution in [0.25, 0.3) is 0 Å². The Balaban J connectivity index is 2.81. The van der Waals surface area contributed by atoms with Crippen molar-refractivity contribution in [3.8, 4) is 0 Å². The monoisotopic (exact) mass is 180 g/mol. The minimum Gasteiger partial charge on any atom is -0.299 e. The largest absolute Gasteiger partial charge is 0.299 e. The highest BCUT2D eigenvalue weighted by Crippen LogP contribution is 2.33. The van der Waals surface area contributed by atoms with Crippen molar-refractivity contribution in [2.45, 2.75) is 39.5 Å². The molecule has 0 atom stereocenters. The molecule has 0 aromatic carbocycles. The van der Waals surface area contributed by atoms with Gasteiger partial charge in [-0.15, -0.1) is 0 Å². The first-order chi connectivity index (χ1) is 6.11. The molecule has 72 valence electrons. The van der Waals surface area contributed by atoms with Crippen LogP contribution >= 0.6 is 0 Å². The van der Waals surface area contributed by atoms with Crippen LogP contribution in [0, 0.1) is 5.41 Å². The summed E-state index contributed by atoms with van der Waals surface area (Å²) in [7, 11) is 0. The first kappa shape index (κ1) is 10.2. The van der Waals surface area contributed by atoms with Crippen molar-refractivity contribution in [3.05, 3.63) is 12.2 Å². The Bertz CT molecular complexity index is 235. The van der Waals surface area contributed by atoms with Crippen LogP contribution in [0.2, 0.25) is 0 Å². The second-order valence-corrected chi connectivity index (χ2v) is 3.81. The maximum atomic E-state index is 11.6. The summed E-state index contributed by atoms with van der Waals surface area (Å²) in [5, 5.41) is 0. The standard InChI is InChI=1S/C11H16O2/c1-3-4-8-11(2)9(12)6-5-7-10(11)13/h3-4H,5-8H2,1-2H3. The van der Waals surface area contributed by atoms with Crippen LogP contribution in [0.3, 0.4) is 0 Å². The van der Waals surface area contributed by atoms with Crippen LogP contribution in [0.1, 0.15) is 39.5 Å². The molecule has 1 aliphatic carbocycles. The number of carbonyl (C=O) groups excluding carboxylic acids is 2. The summed E-state index contributed by atoms with van der Waals surface area (Å²) < 4.78 is 0. The van der Waals surface area contributed by atoms with Gasteiger partial charge in [0.1, 0.15) is 11.6 Å². The molecular formula is C11H16O2. The van der Waals surface area contributed by atoms with Crippen LogP contribution in [-0.4, -0.2) is 11.6 Å². The molecule has 0 N–H and O–H groups in total. The summed E-state index contributed by atoms with van der Waals surface area (Å²) in [5.41, 5.74) is -0.717. The van der Waals surface area contributed by atoms with Gasteiger partial charge in [0.05, 0.1) is 5.41 Å². The molecule has 1 saturated carbocycles. The molecule has 0 spiro atoms. The molecule has 0 aliphatic heterocycles. The van der Waals surface area contributed by atoms with Gasteiger partial charge in [-0.25, -0.2) is 0 Å². The first-order valence-electron chi connectivity index (χ1n) is 4.79. The van der Waals surface area contributed by atoms with Crippen LogP contribution in [-0.2, 0) is 9.59 Å². The zero-order valence-corrected chi connectivity index (χ0v) is 8.30. The summed E-state index contributed by atoms with van der Waals surface area (Å²) in [5.74, 6) is 0.226. The van der Waals surface area contributed by atoms with Crippen molar-refractivity contribution >= 4 is 11.6 Å². The molecule has 0 aromatic rings. The topological polar surface area (TPSA) is 34.1 Å². The van der Waals surface area contributed by atoms with E-state index in [1.165, 1.54) is 0 Å². The summed E-state index contributed by atoms with van der Waals surface area (Å²) in [6.45, 7) is 3.68. The zero-order valence-electron chi connectivity index (χ0n) is 8.30. The van der Waals surface area contributed by atoms with Crippen molar-refractivity contribution in [1.29, 1.82) is 0 Å². The van der Waals surface area contributed by atoms with Crippen molar-refractivity contribution < 1.29 is 9.59 Å². The summed E-state index contributed by atoms with van der Waals surface area (Å²) in [4.78, 5) is 23.2. The van der Waals surface area contributed by atoms with Gasteiger partial charge in [0.25, 0.3) is 0 Å². The molecule has 0 bridgehead atoms. The highest BCUT2D eigenvalue weighted by molar-refractivity contribution is 6.08. The number of carbonyl (C=O) groups is 2. The Morgan fingerprint density at radius 1 is 1.31 bits per heavy atom. The Kier molecular flexibility index (Phi) is 3.02. The van der Waals surface area contributed by atoms with Crippen molar-refractivity contribution in [3.63, 3.8) is 0 Å². The third-order valence-electron chi connectivity index (χ3n) is 2.80. The minimum atomic E-state index is -0.717. The predicted molar refractivity (Wildman–Crippen MR) is 51.4 cm³/mol. The molecular weight excluding hydrogens is 164 g/mol. The second kappa shape index (κ2) is 3.86. The van der Waals surface area contributed by atoms with E-state index in [1.807, 2.05) is 19.1 Å².